The lowest BCUT2D eigenvalue weighted by molar-refractivity contribution is 0.313. The average molecular weight is 258 g/mol. The molecule has 0 aliphatic carbocycles. The fourth-order valence-corrected chi connectivity index (χ4v) is 1.98. The fraction of sp³-hybridized carbons (Fsp3) is 0.286. The second-order valence-corrected chi connectivity index (χ2v) is 4.61. The van der Waals surface area contributed by atoms with E-state index in [1.165, 1.54) is 12.1 Å². The molecule has 19 heavy (non-hydrogen) atoms. The van der Waals surface area contributed by atoms with Gasteiger partial charge in [0.2, 0.25) is 0 Å². The lowest BCUT2D eigenvalue weighted by Crippen LogP contribution is -2.17. The highest BCUT2D eigenvalue weighted by atomic mass is 19.1. The van der Waals surface area contributed by atoms with Crippen molar-refractivity contribution in [1.29, 1.82) is 5.26 Å². The van der Waals surface area contributed by atoms with Crippen molar-refractivity contribution in [3.63, 3.8) is 0 Å². The minimum atomic E-state index is -0.281. The zero-order valence-corrected chi connectivity index (χ0v) is 11.0. The Kier molecular flexibility index (Phi) is 3.93. The van der Waals surface area contributed by atoms with Crippen LogP contribution in [0.2, 0.25) is 0 Å². The Balaban J connectivity index is 2.06. The third kappa shape index (κ3) is 3.39. The predicted octanol–water partition coefficient (Wildman–Crippen LogP) is 2.06. The number of aromatic nitrogens is 2. The van der Waals surface area contributed by atoms with E-state index in [1.54, 1.807) is 16.9 Å². The van der Waals surface area contributed by atoms with Gasteiger partial charge in [0.15, 0.2) is 0 Å². The first-order valence-electron chi connectivity index (χ1n) is 5.93. The second kappa shape index (κ2) is 5.63. The normalized spacial score (nSPS) is 10.7. The first-order valence-corrected chi connectivity index (χ1v) is 5.93. The summed E-state index contributed by atoms with van der Waals surface area (Å²) >= 11 is 0. The van der Waals surface area contributed by atoms with Gasteiger partial charge in [-0.2, -0.15) is 10.4 Å². The zero-order valence-electron chi connectivity index (χ0n) is 11.0. The Bertz CT molecular complexity index is 612. The van der Waals surface area contributed by atoms with Crippen LogP contribution in [0.5, 0.6) is 0 Å². The number of aryl methyl sites for hydroxylation is 1. The summed E-state index contributed by atoms with van der Waals surface area (Å²) in [4.78, 5) is 1.98. The molecular weight excluding hydrogens is 243 g/mol. The number of rotatable bonds is 4. The maximum Gasteiger partial charge on any atom is 0.127 e. The quantitative estimate of drug-likeness (QED) is 0.843. The number of hydrogen-bond acceptors (Lipinski definition) is 3. The van der Waals surface area contributed by atoms with Gasteiger partial charge in [-0.3, -0.25) is 9.58 Å². The molecular formula is C14H15FN4. The third-order valence-electron chi connectivity index (χ3n) is 2.83. The van der Waals surface area contributed by atoms with Gasteiger partial charge in [0.25, 0.3) is 0 Å². The van der Waals surface area contributed by atoms with Crippen molar-refractivity contribution in [1.82, 2.24) is 14.7 Å². The topological polar surface area (TPSA) is 44.9 Å². The average Bonchev–Trinajstić information content (AvgIpc) is 2.77. The van der Waals surface area contributed by atoms with Crippen LogP contribution in [-0.4, -0.2) is 21.7 Å². The molecule has 0 bridgehead atoms. The fourth-order valence-electron chi connectivity index (χ4n) is 1.98. The van der Waals surface area contributed by atoms with Crippen molar-refractivity contribution < 1.29 is 4.39 Å². The summed E-state index contributed by atoms with van der Waals surface area (Å²) in [6.45, 7) is 1.14. The molecule has 0 N–H and O–H groups in total. The summed E-state index contributed by atoms with van der Waals surface area (Å²) in [5, 5.41) is 12.9. The highest BCUT2D eigenvalue weighted by Crippen LogP contribution is 2.13. The van der Waals surface area contributed by atoms with E-state index in [4.69, 9.17) is 5.26 Å². The molecule has 0 radical (unpaired) electrons. The van der Waals surface area contributed by atoms with Gasteiger partial charge in [0, 0.05) is 37.5 Å². The van der Waals surface area contributed by atoms with Crippen molar-refractivity contribution in [3.05, 3.63) is 53.1 Å². The van der Waals surface area contributed by atoms with Crippen LogP contribution in [0.15, 0.2) is 30.6 Å². The summed E-state index contributed by atoms with van der Waals surface area (Å²) in [5.41, 5.74) is 2.08. The summed E-state index contributed by atoms with van der Waals surface area (Å²) in [7, 11) is 3.77. The molecule has 0 aliphatic heterocycles. The van der Waals surface area contributed by atoms with E-state index in [0.717, 1.165) is 5.56 Å². The van der Waals surface area contributed by atoms with Crippen LogP contribution in [0.1, 0.15) is 16.7 Å². The van der Waals surface area contributed by atoms with Crippen LogP contribution in [0.3, 0.4) is 0 Å². The maximum atomic E-state index is 13.7. The number of nitrogens with zero attached hydrogens (tertiary/aromatic N) is 4. The number of benzene rings is 1. The smallest absolute Gasteiger partial charge is 0.127 e. The molecule has 2 aromatic rings. The largest absolute Gasteiger partial charge is 0.298 e. The molecule has 1 heterocycles. The van der Waals surface area contributed by atoms with Gasteiger partial charge in [0.1, 0.15) is 5.82 Å². The molecule has 4 nitrogen and oxygen atoms in total. The Morgan fingerprint density at radius 3 is 2.84 bits per heavy atom. The summed E-state index contributed by atoms with van der Waals surface area (Å²) in [5.74, 6) is -0.281. The number of nitriles is 1. The maximum absolute atomic E-state index is 13.7. The molecule has 0 saturated carbocycles. The van der Waals surface area contributed by atoms with E-state index in [2.05, 4.69) is 5.10 Å². The molecule has 98 valence electrons. The third-order valence-corrected chi connectivity index (χ3v) is 2.83. The molecule has 0 spiro atoms. The Hall–Kier alpha value is -2.19. The van der Waals surface area contributed by atoms with Gasteiger partial charge >= 0.3 is 0 Å². The Labute approximate surface area is 111 Å². The number of hydrogen-bond donors (Lipinski definition) is 0. The van der Waals surface area contributed by atoms with E-state index in [-0.39, 0.29) is 5.82 Å². The van der Waals surface area contributed by atoms with Crippen molar-refractivity contribution in [2.75, 3.05) is 7.05 Å². The van der Waals surface area contributed by atoms with E-state index < -0.39 is 0 Å². The van der Waals surface area contributed by atoms with Crippen molar-refractivity contribution in [2.45, 2.75) is 13.1 Å². The minimum absolute atomic E-state index is 0.281. The van der Waals surface area contributed by atoms with Crippen LogP contribution >= 0.6 is 0 Å². The van der Waals surface area contributed by atoms with Crippen LogP contribution in [0.4, 0.5) is 4.39 Å². The van der Waals surface area contributed by atoms with Crippen molar-refractivity contribution in [3.8, 4) is 6.07 Å². The van der Waals surface area contributed by atoms with E-state index in [0.29, 0.717) is 24.2 Å². The first-order chi connectivity index (χ1) is 9.08. The molecule has 1 aromatic heterocycles. The molecule has 0 fully saturated rings. The van der Waals surface area contributed by atoms with Crippen LogP contribution in [0, 0.1) is 17.1 Å². The van der Waals surface area contributed by atoms with Gasteiger partial charge < -0.3 is 0 Å². The highest BCUT2D eigenvalue weighted by Gasteiger charge is 2.08. The highest BCUT2D eigenvalue weighted by molar-refractivity contribution is 5.33. The molecule has 5 heteroatoms. The van der Waals surface area contributed by atoms with Crippen LogP contribution < -0.4 is 0 Å². The van der Waals surface area contributed by atoms with Gasteiger partial charge in [-0.15, -0.1) is 0 Å². The summed E-state index contributed by atoms with van der Waals surface area (Å²) in [6, 6.07) is 6.44. The first kappa shape index (κ1) is 13.2. The standard InChI is InChI=1S/C14H15FN4/c1-18(8-12-7-17-19(2)9-12)10-13-5-11(6-16)3-4-14(13)15/h3-5,7,9H,8,10H2,1-2H3. The van der Waals surface area contributed by atoms with Crippen molar-refractivity contribution >= 4 is 0 Å². The van der Waals surface area contributed by atoms with Crippen LogP contribution in [0.25, 0.3) is 0 Å². The monoisotopic (exact) mass is 258 g/mol. The lowest BCUT2D eigenvalue weighted by atomic mass is 10.1. The summed E-state index contributed by atoms with van der Waals surface area (Å²) < 4.78 is 15.4. The van der Waals surface area contributed by atoms with Gasteiger partial charge in [-0.05, 0) is 25.2 Å². The summed E-state index contributed by atoms with van der Waals surface area (Å²) in [6.07, 6.45) is 3.72. The van der Waals surface area contributed by atoms with E-state index >= 15 is 0 Å². The van der Waals surface area contributed by atoms with E-state index in [1.807, 2.05) is 31.3 Å². The SMILES string of the molecule is CN(Cc1cnn(C)c1)Cc1cc(C#N)ccc1F. The van der Waals surface area contributed by atoms with Gasteiger partial charge in [-0.25, -0.2) is 4.39 Å². The molecule has 0 saturated heterocycles. The van der Waals surface area contributed by atoms with E-state index in [9.17, 15) is 4.39 Å². The second-order valence-electron chi connectivity index (χ2n) is 4.61. The van der Waals surface area contributed by atoms with Gasteiger partial charge in [-0.1, -0.05) is 0 Å². The molecule has 1 aromatic carbocycles. The lowest BCUT2D eigenvalue weighted by Gasteiger charge is -2.16. The molecule has 0 amide bonds. The molecule has 0 atom stereocenters. The van der Waals surface area contributed by atoms with Crippen LogP contribution in [-0.2, 0) is 20.1 Å². The van der Waals surface area contributed by atoms with Gasteiger partial charge in [0.05, 0.1) is 17.8 Å². The molecule has 2 rings (SSSR count). The Morgan fingerprint density at radius 2 is 2.21 bits per heavy atom. The predicted molar refractivity (Wildman–Crippen MR) is 69.5 cm³/mol. The number of halogens is 1. The Morgan fingerprint density at radius 1 is 1.42 bits per heavy atom. The minimum Gasteiger partial charge on any atom is -0.298 e. The van der Waals surface area contributed by atoms with Crippen molar-refractivity contribution in [2.24, 2.45) is 7.05 Å². The zero-order chi connectivity index (χ0) is 13.8. The molecule has 0 aliphatic rings. The molecule has 0 unspecified atom stereocenters.